The summed E-state index contributed by atoms with van der Waals surface area (Å²) in [5, 5.41) is 0. The third-order valence-corrected chi connectivity index (χ3v) is 13.6. The van der Waals surface area contributed by atoms with Crippen molar-refractivity contribution < 1.29 is 25.8 Å². The van der Waals surface area contributed by atoms with Crippen molar-refractivity contribution in [3.05, 3.63) is 269 Å². The molecule has 1 aromatic heterocycles. The first kappa shape index (κ1) is 45.5. The van der Waals surface area contributed by atoms with Crippen molar-refractivity contribution in [2.24, 2.45) is 0 Å². The molecule has 1 aliphatic heterocycles. The zero-order valence-corrected chi connectivity index (χ0v) is 42.0. The van der Waals surface area contributed by atoms with Crippen LogP contribution in [0.2, 0.25) is 0 Å². The van der Waals surface area contributed by atoms with E-state index in [4.69, 9.17) is 9.72 Å². The number of aromatic nitrogens is 1. The largest absolute Gasteiger partial charge is 0.509 e. The fourth-order valence-corrected chi connectivity index (χ4v) is 10.3. The van der Waals surface area contributed by atoms with E-state index in [2.05, 4.69) is 252 Å². The monoisotopic (exact) mass is 1070 g/mol. The fourth-order valence-electron chi connectivity index (χ4n) is 10.3. The maximum absolute atomic E-state index is 6.78. The molecular weight excluding hydrogens is 1020 g/mol. The van der Waals surface area contributed by atoms with Crippen LogP contribution in [0.25, 0.3) is 39.1 Å². The zero-order chi connectivity index (χ0) is 46.6. The maximum atomic E-state index is 6.78. The van der Waals surface area contributed by atoms with Gasteiger partial charge in [-0.1, -0.05) is 154 Å². The maximum Gasteiger partial charge on any atom is 0.0663 e. The molecule has 0 radical (unpaired) electrons. The number of pyridine rings is 1. The number of ether oxygens (including phenoxy) is 1. The van der Waals surface area contributed by atoms with Gasteiger partial charge in [0.1, 0.15) is 0 Å². The van der Waals surface area contributed by atoms with Crippen molar-refractivity contribution in [1.82, 2.24) is 4.98 Å². The predicted molar refractivity (Wildman–Crippen MR) is 280 cm³/mol. The molecule has 0 fully saturated rings. The van der Waals surface area contributed by atoms with Crippen LogP contribution < -0.4 is 14.5 Å². The number of anilines is 2. The minimum atomic E-state index is -0.753. The van der Waals surface area contributed by atoms with Crippen LogP contribution in [0, 0.1) is 39.6 Å². The molecule has 342 valence electrons. The van der Waals surface area contributed by atoms with Crippen LogP contribution in [-0.4, -0.2) is 4.98 Å². The first-order valence-corrected chi connectivity index (χ1v) is 23.4. The molecule has 5 heteroatoms. The van der Waals surface area contributed by atoms with Crippen LogP contribution in [-0.2, 0) is 31.9 Å². The zero-order valence-electron chi connectivity index (χ0n) is 39.7. The van der Waals surface area contributed by atoms with Crippen LogP contribution in [0.3, 0.4) is 0 Å². The molecule has 0 amide bonds. The van der Waals surface area contributed by atoms with E-state index in [-0.39, 0.29) is 26.5 Å². The molecule has 0 saturated carbocycles. The molecule has 11 rings (SSSR count). The third-order valence-electron chi connectivity index (χ3n) is 13.6. The van der Waals surface area contributed by atoms with E-state index in [9.17, 15) is 0 Å². The molecule has 0 N–H and O–H groups in total. The molecule has 9 aromatic rings. The standard InChI is InChI=1S/C64H52N3O.Pt/c1-43-19-14-20-44(2)62(43)48-24-16-28-52(37-48)67-42-66(41-60(67)46-21-8-7-9-22-46)51-27-18-30-54(39-51)68-53-29-17-26-50(38-53)64(58-33-12-10-31-55(58)56-32-11-13-34-59(56)64)61-35-45(3)57(40-65-61)47-23-15-25-49(36-47)63(4,5)6;/h7-37,40-42H,1-6H3;/q-3;. The van der Waals surface area contributed by atoms with Crippen LogP contribution in [0.15, 0.2) is 200 Å². The Morgan fingerprint density at radius 2 is 1.16 bits per heavy atom. The van der Waals surface area contributed by atoms with Crippen molar-refractivity contribution in [3.63, 3.8) is 0 Å². The summed E-state index contributed by atoms with van der Waals surface area (Å²) in [6.07, 6.45) is 4.23. The van der Waals surface area contributed by atoms with E-state index in [0.29, 0.717) is 11.5 Å². The van der Waals surface area contributed by atoms with Gasteiger partial charge in [-0.25, -0.2) is 0 Å². The Hall–Kier alpha value is -7.26. The molecule has 0 spiro atoms. The van der Waals surface area contributed by atoms with Gasteiger partial charge in [-0.05, 0) is 117 Å². The number of rotatable bonds is 9. The van der Waals surface area contributed by atoms with Crippen LogP contribution in [0.5, 0.6) is 11.5 Å². The molecule has 4 nitrogen and oxygen atoms in total. The molecule has 0 bridgehead atoms. The van der Waals surface area contributed by atoms with Crippen molar-refractivity contribution in [3.8, 4) is 44.9 Å². The summed E-state index contributed by atoms with van der Waals surface area (Å²) in [5.74, 6) is 1.19. The second-order valence-corrected chi connectivity index (χ2v) is 19.1. The summed E-state index contributed by atoms with van der Waals surface area (Å²) in [6, 6.07) is 74.1. The Morgan fingerprint density at radius 1 is 0.551 bits per heavy atom. The average molecular weight is 1070 g/mol. The van der Waals surface area contributed by atoms with Crippen LogP contribution >= 0.6 is 0 Å². The molecule has 8 aromatic carbocycles. The minimum Gasteiger partial charge on any atom is -0.509 e. The van der Waals surface area contributed by atoms with Crippen molar-refractivity contribution in [1.29, 1.82) is 0 Å². The van der Waals surface area contributed by atoms with Gasteiger partial charge in [0.15, 0.2) is 0 Å². The average Bonchev–Trinajstić information content (AvgIpc) is 3.94. The van der Waals surface area contributed by atoms with Crippen LogP contribution in [0.4, 0.5) is 11.4 Å². The van der Waals surface area contributed by atoms with E-state index < -0.39 is 5.41 Å². The van der Waals surface area contributed by atoms with E-state index in [1.54, 1.807) is 0 Å². The topological polar surface area (TPSA) is 28.6 Å². The molecule has 0 saturated heterocycles. The van der Waals surface area contributed by atoms with Gasteiger partial charge in [0.05, 0.1) is 11.1 Å². The predicted octanol–water partition coefficient (Wildman–Crippen LogP) is 15.8. The van der Waals surface area contributed by atoms with E-state index in [1.165, 1.54) is 55.6 Å². The Bertz CT molecular complexity index is 3340. The first-order valence-electron chi connectivity index (χ1n) is 23.4. The van der Waals surface area contributed by atoms with Gasteiger partial charge < -0.3 is 14.5 Å². The first-order chi connectivity index (χ1) is 33.1. The molecule has 1 aliphatic carbocycles. The van der Waals surface area contributed by atoms with Crippen molar-refractivity contribution in [2.45, 2.75) is 52.4 Å². The summed E-state index contributed by atoms with van der Waals surface area (Å²) in [7, 11) is 0. The summed E-state index contributed by atoms with van der Waals surface area (Å²) in [4.78, 5) is 9.79. The van der Waals surface area contributed by atoms with E-state index in [1.807, 2.05) is 18.2 Å². The molecular formula is C64H52N3OPt-3. The summed E-state index contributed by atoms with van der Waals surface area (Å²) in [6.45, 7) is 15.5. The van der Waals surface area contributed by atoms with Crippen molar-refractivity contribution in [2.75, 3.05) is 9.80 Å². The minimum absolute atomic E-state index is 0. The summed E-state index contributed by atoms with van der Waals surface area (Å²) >= 11 is 0. The van der Waals surface area contributed by atoms with Gasteiger partial charge in [0, 0.05) is 55.7 Å². The third kappa shape index (κ3) is 8.21. The van der Waals surface area contributed by atoms with Gasteiger partial charge in [-0.2, -0.15) is 18.2 Å². The van der Waals surface area contributed by atoms with Crippen LogP contribution in [0.1, 0.15) is 71.0 Å². The van der Waals surface area contributed by atoms with Gasteiger partial charge in [-0.15, -0.1) is 48.3 Å². The van der Waals surface area contributed by atoms with Crippen molar-refractivity contribution >= 4 is 17.1 Å². The molecule has 2 aliphatic rings. The quantitative estimate of drug-likeness (QED) is 0.135. The second kappa shape index (κ2) is 18.3. The molecule has 0 atom stereocenters. The Kier molecular flexibility index (Phi) is 12.1. The Labute approximate surface area is 421 Å². The fraction of sp³-hybridized carbons (Fsp3) is 0.125. The SMILES string of the molecule is Cc1cc(C2(c3[c-]c(Oc4[c-]c(N5C=C(c6ccccc6)N(c6cccc(-c7c(C)cccc7C)c6)[CH-]5)ccc4)ccc3)c3ccccc3-c3ccccc32)ncc1-c1cccc(C(C)(C)C)c1.[Pt]. The summed E-state index contributed by atoms with van der Waals surface area (Å²) < 4.78 is 6.78. The Morgan fingerprint density at radius 3 is 1.87 bits per heavy atom. The second-order valence-electron chi connectivity index (χ2n) is 19.1. The van der Waals surface area contributed by atoms with E-state index in [0.717, 1.165) is 45.0 Å². The number of nitrogens with zero attached hydrogens (tertiary/aromatic N) is 3. The number of hydrogen-bond donors (Lipinski definition) is 0. The number of fused-ring (bicyclic) bond motifs is 3. The normalized spacial score (nSPS) is 13.6. The smallest absolute Gasteiger partial charge is 0.0663 e. The molecule has 69 heavy (non-hydrogen) atoms. The van der Waals surface area contributed by atoms with E-state index >= 15 is 0 Å². The van der Waals surface area contributed by atoms with Gasteiger partial charge in [0.2, 0.25) is 0 Å². The number of aryl methyl sites for hydroxylation is 3. The van der Waals surface area contributed by atoms with Gasteiger partial charge in [-0.3, -0.25) is 4.98 Å². The summed E-state index contributed by atoms with van der Waals surface area (Å²) in [5.41, 5.74) is 19.7. The number of benzene rings is 8. The van der Waals surface area contributed by atoms with Gasteiger partial charge >= 0.3 is 0 Å². The Balaban J connectivity index is 0.00000553. The van der Waals surface area contributed by atoms with Gasteiger partial charge in [0.25, 0.3) is 0 Å². The number of hydrogen-bond acceptors (Lipinski definition) is 4. The molecule has 0 unspecified atom stereocenters. The molecule has 2 heterocycles.